The van der Waals surface area contributed by atoms with Gasteiger partial charge in [0.05, 0.1) is 29.6 Å². The van der Waals surface area contributed by atoms with E-state index in [2.05, 4.69) is 26.9 Å². The fraction of sp³-hybridized carbons (Fsp3) is 0.214. The van der Waals surface area contributed by atoms with Crippen LogP contribution in [-0.4, -0.2) is 22.0 Å². The number of thioether (sulfide) groups is 1. The molecule has 0 aliphatic heterocycles. The lowest BCUT2D eigenvalue weighted by Gasteiger charge is -2.11. The van der Waals surface area contributed by atoms with Gasteiger partial charge < -0.3 is 10.6 Å². The fourth-order valence-corrected chi connectivity index (χ4v) is 2.51. The number of amides is 2. The third-order valence-electron chi connectivity index (χ3n) is 2.60. The monoisotopic (exact) mass is 301 g/mol. The summed E-state index contributed by atoms with van der Waals surface area (Å²) < 4.78 is 0. The van der Waals surface area contributed by atoms with E-state index in [0.717, 1.165) is 4.90 Å². The Kier molecular flexibility index (Phi) is 5.23. The van der Waals surface area contributed by atoms with E-state index >= 15 is 0 Å². The first-order valence-corrected chi connectivity index (χ1v) is 7.36. The highest BCUT2D eigenvalue weighted by molar-refractivity contribution is 7.99. The molecule has 0 radical (unpaired) electrons. The van der Waals surface area contributed by atoms with Crippen LogP contribution in [0.5, 0.6) is 0 Å². The van der Waals surface area contributed by atoms with Crippen molar-refractivity contribution in [1.82, 2.24) is 10.2 Å². The van der Waals surface area contributed by atoms with Crippen LogP contribution in [0, 0.1) is 17.2 Å². The molecule has 6 nitrogen and oxygen atoms in total. The molecule has 108 valence electrons. The van der Waals surface area contributed by atoms with E-state index in [4.69, 9.17) is 5.26 Å². The van der Waals surface area contributed by atoms with Crippen molar-refractivity contribution in [1.29, 1.82) is 5.26 Å². The third-order valence-corrected chi connectivity index (χ3v) is 3.93. The molecule has 1 atom stereocenters. The first kappa shape index (κ1) is 14.9. The van der Waals surface area contributed by atoms with Crippen LogP contribution >= 0.6 is 11.8 Å². The molecule has 0 aliphatic rings. The predicted molar refractivity (Wildman–Crippen MR) is 83.2 cm³/mol. The minimum absolute atomic E-state index is 0.0391. The average Bonchev–Trinajstić information content (AvgIpc) is 2.98. The maximum atomic E-state index is 11.9. The minimum Gasteiger partial charge on any atom is -0.307 e. The summed E-state index contributed by atoms with van der Waals surface area (Å²) in [6.45, 7) is 1.87. The van der Waals surface area contributed by atoms with Crippen LogP contribution in [-0.2, 0) is 0 Å². The van der Waals surface area contributed by atoms with Crippen LogP contribution in [0.2, 0.25) is 0 Å². The number of nitrogens with one attached hydrogen (secondary N) is 3. The number of aromatic amines is 1. The van der Waals surface area contributed by atoms with E-state index in [0.29, 0.717) is 17.1 Å². The zero-order valence-corrected chi connectivity index (χ0v) is 12.3. The molecule has 0 bridgehead atoms. The zero-order valence-electron chi connectivity index (χ0n) is 11.5. The highest BCUT2D eigenvalue weighted by Crippen LogP contribution is 2.28. The van der Waals surface area contributed by atoms with Crippen LogP contribution < -0.4 is 10.6 Å². The first-order valence-electron chi connectivity index (χ1n) is 6.37. The zero-order chi connectivity index (χ0) is 15.1. The molecule has 2 rings (SSSR count). The van der Waals surface area contributed by atoms with E-state index in [1.54, 1.807) is 18.0 Å². The second-order valence-electron chi connectivity index (χ2n) is 4.40. The number of para-hydroxylation sites is 1. The Balaban J connectivity index is 1.99. The van der Waals surface area contributed by atoms with Crippen molar-refractivity contribution in [2.45, 2.75) is 11.8 Å². The van der Waals surface area contributed by atoms with Crippen molar-refractivity contribution >= 4 is 29.2 Å². The SMILES string of the molecule is C[C@@H](C#N)CSc1ccccc1NC(=O)Nc1cn[nH]c1. The van der Waals surface area contributed by atoms with E-state index in [-0.39, 0.29) is 11.9 Å². The summed E-state index contributed by atoms with van der Waals surface area (Å²) >= 11 is 1.55. The second-order valence-corrected chi connectivity index (χ2v) is 5.47. The number of hydrogen-bond donors (Lipinski definition) is 3. The van der Waals surface area contributed by atoms with Gasteiger partial charge in [0.1, 0.15) is 0 Å². The number of nitrogens with zero attached hydrogens (tertiary/aromatic N) is 2. The van der Waals surface area contributed by atoms with E-state index in [9.17, 15) is 4.79 Å². The molecule has 1 heterocycles. The van der Waals surface area contributed by atoms with E-state index in [1.165, 1.54) is 6.20 Å². The largest absolute Gasteiger partial charge is 0.323 e. The molecule has 1 aromatic carbocycles. The van der Waals surface area contributed by atoms with Gasteiger partial charge in [0.15, 0.2) is 0 Å². The topological polar surface area (TPSA) is 93.6 Å². The van der Waals surface area contributed by atoms with Crippen LogP contribution in [0.1, 0.15) is 6.92 Å². The van der Waals surface area contributed by atoms with Gasteiger partial charge in [-0.25, -0.2) is 4.79 Å². The average molecular weight is 301 g/mol. The standard InChI is InChI=1S/C14H15N5OS/c1-10(6-15)9-21-13-5-3-2-4-12(13)19-14(20)18-11-7-16-17-8-11/h2-5,7-8,10H,9H2,1H3,(H,16,17)(H2,18,19,20)/t10-/m0/s1. The van der Waals surface area contributed by atoms with Gasteiger partial charge in [-0.1, -0.05) is 12.1 Å². The molecule has 3 N–H and O–H groups in total. The smallest absolute Gasteiger partial charge is 0.307 e. The molecule has 2 amide bonds. The number of nitriles is 1. The van der Waals surface area contributed by atoms with Gasteiger partial charge in [0.2, 0.25) is 0 Å². The summed E-state index contributed by atoms with van der Waals surface area (Å²) in [5, 5.41) is 20.7. The van der Waals surface area contributed by atoms with E-state index < -0.39 is 0 Å². The van der Waals surface area contributed by atoms with Crippen molar-refractivity contribution in [3.05, 3.63) is 36.7 Å². The molecule has 7 heteroatoms. The molecule has 0 saturated heterocycles. The number of rotatable bonds is 5. The molecule has 2 aromatic rings. The maximum absolute atomic E-state index is 11.9. The molecular weight excluding hydrogens is 286 g/mol. The van der Waals surface area contributed by atoms with Gasteiger partial charge in [-0.2, -0.15) is 10.4 Å². The number of H-pyrrole nitrogens is 1. The lowest BCUT2D eigenvalue weighted by Crippen LogP contribution is -2.19. The Hall–Kier alpha value is -2.46. The number of hydrogen-bond acceptors (Lipinski definition) is 4. The summed E-state index contributed by atoms with van der Waals surface area (Å²) in [6, 6.07) is 9.36. The Morgan fingerprint density at radius 3 is 3.00 bits per heavy atom. The van der Waals surface area contributed by atoms with Crippen molar-refractivity contribution in [2.75, 3.05) is 16.4 Å². The number of carbonyl (C=O) groups is 1. The normalized spacial score (nSPS) is 11.4. The summed E-state index contributed by atoms with van der Waals surface area (Å²) in [6.07, 6.45) is 3.11. The molecular formula is C14H15N5OS. The molecule has 0 fully saturated rings. The minimum atomic E-state index is -0.335. The predicted octanol–water partition coefficient (Wildman–Crippen LogP) is 3.31. The summed E-state index contributed by atoms with van der Waals surface area (Å²) in [5.41, 5.74) is 1.31. The van der Waals surface area contributed by atoms with Gasteiger partial charge in [-0.3, -0.25) is 5.10 Å². The molecule has 0 saturated carbocycles. The third kappa shape index (κ3) is 4.54. The highest BCUT2D eigenvalue weighted by atomic mass is 32.2. The maximum Gasteiger partial charge on any atom is 0.323 e. The van der Waals surface area contributed by atoms with Gasteiger partial charge in [0.25, 0.3) is 0 Å². The summed E-state index contributed by atoms with van der Waals surface area (Å²) in [4.78, 5) is 12.8. The number of anilines is 2. The Morgan fingerprint density at radius 2 is 2.29 bits per heavy atom. The van der Waals surface area contributed by atoms with Gasteiger partial charge in [-0.15, -0.1) is 11.8 Å². The van der Waals surface area contributed by atoms with Gasteiger partial charge in [0, 0.05) is 16.8 Å². The lowest BCUT2D eigenvalue weighted by atomic mass is 10.3. The first-order chi connectivity index (χ1) is 10.2. The van der Waals surface area contributed by atoms with Crippen LogP contribution in [0.25, 0.3) is 0 Å². The summed E-state index contributed by atoms with van der Waals surface area (Å²) in [5.74, 6) is 0.640. The number of aromatic nitrogens is 2. The Bertz CT molecular complexity index is 635. The lowest BCUT2D eigenvalue weighted by molar-refractivity contribution is 0.262. The quantitative estimate of drug-likeness (QED) is 0.738. The summed E-state index contributed by atoms with van der Waals surface area (Å²) in [7, 11) is 0. The van der Waals surface area contributed by atoms with Crippen molar-refractivity contribution in [3.63, 3.8) is 0 Å². The molecule has 0 aliphatic carbocycles. The number of carbonyl (C=O) groups excluding carboxylic acids is 1. The van der Waals surface area contributed by atoms with Crippen LogP contribution in [0.3, 0.4) is 0 Å². The molecule has 0 unspecified atom stereocenters. The molecule has 21 heavy (non-hydrogen) atoms. The molecule has 0 spiro atoms. The number of urea groups is 1. The van der Waals surface area contributed by atoms with Gasteiger partial charge in [-0.05, 0) is 19.1 Å². The van der Waals surface area contributed by atoms with Gasteiger partial charge >= 0.3 is 6.03 Å². The van der Waals surface area contributed by atoms with Crippen LogP contribution in [0.4, 0.5) is 16.2 Å². The van der Waals surface area contributed by atoms with Crippen molar-refractivity contribution < 1.29 is 4.79 Å². The van der Waals surface area contributed by atoms with Crippen LogP contribution in [0.15, 0.2) is 41.6 Å². The van der Waals surface area contributed by atoms with Crippen molar-refractivity contribution in [3.8, 4) is 6.07 Å². The fourth-order valence-electron chi connectivity index (χ4n) is 1.55. The Morgan fingerprint density at radius 1 is 1.48 bits per heavy atom. The van der Waals surface area contributed by atoms with Crippen molar-refractivity contribution in [2.24, 2.45) is 5.92 Å². The highest BCUT2D eigenvalue weighted by Gasteiger charge is 2.09. The van der Waals surface area contributed by atoms with E-state index in [1.807, 2.05) is 31.2 Å². The number of benzene rings is 1. The second kappa shape index (κ2) is 7.36. The Labute approximate surface area is 126 Å². The molecule has 1 aromatic heterocycles.